The number of hydrogen-bond acceptors (Lipinski definition) is 5. The number of sulfonamides is 1. The molecule has 1 saturated heterocycles. The molecule has 30 heavy (non-hydrogen) atoms. The van der Waals surface area contributed by atoms with Crippen molar-refractivity contribution in [3.63, 3.8) is 0 Å². The molecule has 1 unspecified atom stereocenters. The van der Waals surface area contributed by atoms with E-state index < -0.39 is 10.0 Å². The fraction of sp³-hybridized carbons (Fsp3) is 0.619. The highest BCUT2D eigenvalue weighted by molar-refractivity contribution is 7.89. The first-order valence-corrected chi connectivity index (χ1v) is 12.1. The van der Waals surface area contributed by atoms with Gasteiger partial charge in [-0.15, -0.1) is 0 Å². The predicted molar refractivity (Wildman–Crippen MR) is 116 cm³/mol. The van der Waals surface area contributed by atoms with Crippen molar-refractivity contribution in [1.82, 2.24) is 14.1 Å². The SMILES string of the molecule is CCN(CC)C(=O)CN1CCN(S(=O)(=O)c2ccc3c(c2)CC(C)N3C(C)=O)CC1. The molecule has 0 radical (unpaired) electrons. The van der Waals surface area contributed by atoms with E-state index in [9.17, 15) is 18.0 Å². The number of piperazine rings is 1. The number of hydrogen-bond donors (Lipinski definition) is 0. The maximum atomic E-state index is 13.2. The van der Waals surface area contributed by atoms with E-state index in [1.54, 1.807) is 28.0 Å². The smallest absolute Gasteiger partial charge is 0.243 e. The predicted octanol–water partition coefficient (Wildman–Crippen LogP) is 1.16. The molecule has 166 valence electrons. The van der Waals surface area contributed by atoms with Gasteiger partial charge in [0.05, 0.1) is 11.4 Å². The van der Waals surface area contributed by atoms with E-state index in [-0.39, 0.29) is 22.8 Å². The summed E-state index contributed by atoms with van der Waals surface area (Å²) < 4.78 is 27.8. The highest BCUT2D eigenvalue weighted by Crippen LogP contribution is 2.34. The molecule has 2 aliphatic heterocycles. The Labute approximate surface area is 179 Å². The number of carbonyl (C=O) groups excluding carboxylic acids is 2. The van der Waals surface area contributed by atoms with Crippen LogP contribution < -0.4 is 4.90 Å². The summed E-state index contributed by atoms with van der Waals surface area (Å²) in [5.74, 6) is 0.0475. The summed E-state index contributed by atoms with van der Waals surface area (Å²) in [4.78, 5) is 30.0. The molecule has 0 N–H and O–H groups in total. The first-order chi connectivity index (χ1) is 14.2. The number of likely N-dealkylation sites (N-methyl/N-ethyl adjacent to an activating group) is 1. The van der Waals surface area contributed by atoms with Crippen LogP contribution in [0.5, 0.6) is 0 Å². The van der Waals surface area contributed by atoms with Crippen LogP contribution in [0.4, 0.5) is 5.69 Å². The number of nitrogens with zero attached hydrogens (tertiary/aromatic N) is 4. The van der Waals surface area contributed by atoms with Gasteiger partial charge in [-0.3, -0.25) is 14.5 Å². The summed E-state index contributed by atoms with van der Waals surface area (Å²) in [6, 6.07) is 5.08. The number of amides is 2. The molecule has 8 nitrogen and oxygen atoms in total. The van der Waals surface area contributed by atoms with Crippen LogP contribution in [0.15, 0.2) is 23.1 Å². The Balaban J connectivity index is 1.67. The average molecular weight is 437 g/mol. The van der Waals surface area contributed by atoms with Gasteiger partial charge in [-0.1, -0.05) is 0 Å². The minimum Gasteiger partial charge on any atom is -0.342 e. The lowest BCUT2D eigenvalue weighted by atomic mass is 10.1. The van der Waals surface area contributed by atoms with Crippen LogP contribution in [0.25, 0.3) is 0 Å². The standard InChI is InChI=1S/C21H32N4O4S/c1-5-23(6-2)21(27)15-22-9-11-24(12-10-22)30(28,29)19-7-8-20-18(14-19)13-16(3)25(20)17(4)26/h7-8,14,16H,5-6,9-13,15H2,1-4H3. The number of carbonyl (C=O) groups is 2. The lowest BCUT2D eigenvalue weighted by Crippen LogP contribution is -2.51. The third-order valence-corrected chi connectivity index (χ3v) is 7.94. The van der Waals surface area contributed by atoms with E-state index in [2.05, 4.69) is 0 Å². The van der Waals surface area contributed by atoms with Gasteiger partial charge in [0.15, 0.2) is 0 Å². The molecule has 0 aliphatic carbocycles. The molecule has 2 aliphatic rings. The molecule has 0 saturated carbocycles. The number of fused-ring (bicyclic) bond motifs is 1. The van der Waals surface area contributed by atoms with Crippen molar-refractivity contribution in [3.8, 4) is 0 Å². The van der Waals surface area contributed by atoms with Crippen molar-refractivity contribution in [2.24, 2.45) is 0 Å². The summed E-state index contributed by atoms with van der Waals surface area (Å²) in [6.07, 6.45) is 0.652. The van der Waals surface area contributed by atoms with Crippen LogP contribution in [0.3, 0.4) is 0 Å². The Kier molecular flexibility index (Phi) is 6.84. The van der Waals surface area contributed by atoms with Crippen molar-refractivity contribution in [3.05, 3.63) is 23.8 Å². The van der Waals surface area contributed by atoms with E-state index >= 15 is 0 Å². The van der Waals surface area contributed by atoms with E-state index in [4.69, 9.17) is 0 Å². The summed E-state index contributed by atoms with van der Waals surface area (Å²) in [6.45, 7) is 10.9. The van der Waals surface area contributed by atoms with Crippen molar-refractivity contribution < 1.29 is 18.0 Å². The highest BCUT2D eigenvalue weighted by Gasteiger charge is 2.33. The topological polar surface area (TPSA) is 81.2 Å². The lowest BCUT2D eigenvalue weighted by molar-refractivity contribution is -0.132. The second-order valence-electron chi connectivity index (χ2n) is 7.98. The Hall–Kier alpha value is -1.97. The zero-order valence-corrected chi connectivity index (χ0v) is 19.1. The average Bonchev–Trinajstić information content (AvgIpc) is 3.04. The first kappa shape index (κ1) is 22.7. The van der Waals surface area contributed by atoms with Gasteiger partial charge in [0.1, 0.15) is 0 Å². The van der Waals surface area contributed by atoms with E-state index in [0.717, 1.165) is 11.3 Å². The fourth-order valence-corrected chi connectivity index (χ4v) is 5.87. The number of benzene rings is 1. The molecule has 1 aromatic rings. The zero-order chi connectivity index (χ0) is 22.1. The largest absolute Gasteiger partial charge is 0.342 e. The van der Waals surface area contributed by atoms with E-state index in [1.165, 1.54) is 11.2 Å². The van der Waals surface area contributed by atoms with Gasteiger partial charge in [0.25, 0.3) is 0 Å². The molecule has 1 fully saturated rings. The number of rotatable bonds is 6. The Morgan fingerprint density at radius 2 is 1.73 bits per heavy atom. The third kappa shape index (κ3) is 4.38. The molecule has 2 heterocycles. The molecule has 3 rings (SSSR count). The van der Waals surface area contributed by atoms with Crippen LogP contribution in [0.2, 0.25) is 0 Å². The highest BCUT2D eigenvalue weighted by atomic mass is 32.2. The summed E-state index contributed by atoms with van der Waals surface area (Å²) in [7, 11) is -3.61. The number of anilines is 1. The normalized spacial score (nSPS) is 20.3. The molecule has 1 aromatic carbocycles. The maximum absolute atomic E-state index is 13.2. The quantitative estimate of drug-likeness (QED) is 0.669. The Morgan fingerprint density at radius 3 is 2.30 bits per heavy atom. The van der Waals surface area contributed by atoms with Crippen molar-refractivity contribution in [2.75, 3.05) is 50.7 Å². The molecule has 1 atom stereocenters. The molecule has 0 spiro atoms. The van der Waals surface area contributed by atoms with E-state index in [0.29, 0.717) is 52.2 Å². The minimum absolute atomic E-state index is 0.0299. The first-order valence-electron chi connectivity index (χ1n) is 10.6. The van der Waals surface area contributed by atoms with Crippen molar-refractivity contribution in [1.29, 1.82) is 0 Å². The fourth-order valence-electron chi connectivity index (χ4n) is 4.39. The van der Waals surface area contributed by atoms with Crippen LogP contribution in [-0.2, 0) is 26.0 Å². The van der Waals surface area contributed by atoms with Crippen LogP contribution in [0.1, 0.15) is 33.3 Å². The van der Waals surface area contributed by atoms with Gasteiger partial charge >= 0.3 is 0 Å². The van der Waals surface area contributed by atoms with Gasteiger partial charge in [0, 0.05) is 57.9 Å². The molecular weight excluding hydrogens is 404 g/mol. The summed E-state index contributed by atoms with van der Waals surface area (Å²) >= 11 is 0. The molecule has 2 amide bonds. The minimum atomic E-state index is -3.61. The van der Waals surface area contributed by atoms with Crippen LogP contribution in [0, 0.1) is 0 Å². The lowest BCUT2D eigenvalue weighted by Gasteiger charge is -2.34. The second kappa shape index (κ2) is 9.03. The molecular formula is C21H32N4O4S. The second-order valence-corrected chi connectivity index (χ2v) is 9.92. The maximum Gasteiger partial charge on any atom is 0.243 e. The van der Waals surface area contributed by atoms with Crippen LogP contribution in [-0.4, -0.2) is 86.2 Å². The van der Waals surface area contributed by atoms with Crippen LogP contribution >= 0.6 is 0 Å². The van der Waals surface area contributed by atoms with Crippen molar-refractivity contribution >= 4 is 27.5 Å². The molecule has 0 bridgehead atoms. The molecule has 9 heteroatoms. The summed E-state index contributed by atoms with van der Waals surface area (Å²) in [5.41, 5.74) is 1.69. The Bertz CT molecular complexity index is 906. The summed E-state index contributed by atoms with van der Waals surface area (Å²) in [5, 5.41) is 0. The molecule has 0 aromatic heterocycles. The third-order valence-electron chi connectivity index (χ3n) is 6.05. The Morgan fingerprint density at radius 1 is 1.10 bits per heavy atom. The van der Waals surface area contributed by atoms with Gasteiger partial charge in [-0.25, -0.2) is 8.42 Å². The van der Waals surface area contributed by atoms with E-state index in [1.807, 2.05) is 25.7 Å². The van der Waals surface area contributed by atoms with Gasteiger partial charge in [-0.2, -0.15) is 4.31 Å². The monoisotopic (exact) mass is 436 g/mol. The van der Waals surface area contributed by atoms with Gasteiger partial charge < -0.3 is 9.80 Å². The van der Waals surface area contributed by atoms with Gasteiger partial charge in [0.2, 0.25) is 21.8 Å². The van der Waals surface area contributed by atoms with Crippen molar-refractivity contribution in [2.45, 2.75) is 45.1 Å². The zero-order valence-electron chi connectivity index (χ0n) is 18.3. The van der Waals surface area contributed by atoms with Gasteiger partial charge in [-0.05, 0) is 51.0 Å².